The van der Waals surface area contributed by atoms with E-state index < -0.39 is 0 Å². The molecule has 0 fully saturated rings. The van der Waals surface area contributed by atoms with E-state index in [1.807, 2.05) is 34.5 Å². The number of fused-ring (bicyclic) bond motifs is 1. The van der Waals surface area contributed by atoms with Crippen molar-refractivity contribution in [2.75, 3.05) is 16.8 Å². The summed E-state index contributed by atoms with van der Waals surface area (Å²) in [7, 11) is 0. The quantitative estimate of drug-likeness (QED) is 0.595. The number of halogens is 1. The lowest BCUT2D eigenvalue weighted by molar-refractivity contribution is -0.115. The molecule has 1 aliphatic heterocycles. The molecule has 29 heavy (non-hydrogen) atoms. The standard InChI is InChI=1S/C23H21ClN2O2S/c24-19-6-2-1-5-17(19)15-22(27)25-18-10-8-16(9-11-18)23(28)26-13-4-3-7-21-20(26)12-14-29-21/h1-2,5-6,8-12,14H,3-4,7,13,15H2,(H,25,27). The Morgan fingerprint density at radius 2 is 1.83 bits per heavy atom. The monoisotopic (exact) mass is 424 g/mol. The van der Waals surface area contributed by atoms with E-state index in [4.69, 9.17) is 11.6 Å². The van der Waals surface area contributed by atoms with Gasteiger partial charge in [-0.2, -0.15) is 0 Å². The second-order valence-corrected chi connectivity index (χ2v) is 8.44. The van der Waals surface area contributed by atoms with Crippen molar-refractivity contribution < 1.29 is 9.59 Å². The third kappa shape index (κ3) is 4.52. The molecule has 0 spiro atoms. The average molecular weight is 425 g/mol. The van der Waals surface area contributed by atoms with Crippen LogP contribution in [0, 0.1) is 0 Å². The van der Waals surface area contributed by atoms with Gasteiger partial charge in [-0.15, -0.1) is 11.3 Å². The summed E-state index contributed by atoms with van der Waals surface area (Å²) >= 11 is 7.83. The van der Waals surface area contributed by atoms with Crippen molar-refractivity contribution in [1.29, 1.82) is 0 Å². The molecule has 0 bridgehead atoms. The van der Waals surface area contributed by atoms with Crippen molar-refractivity contribution in [3.63, 3.8) is 0 Å². The van der Waals surface area contributed by atoms with Crippen LogP contribution in [0.5, 0.6) is 0 Å². The van der Waals surface area contributed by atoms with Crippen LogP contribution in [-0.4, -0.2) is 18.4 Å². The smallest absolute Gasteiger partial charge is 0.258 e. The first-order chi connectivity index (χ1) is 14.1. The van der Waals surface area contributed by atoms with Gasteiger partial charge in [0.25, 0.3) is 5.91 Å². The minimum atomic E-state index is -0.146. The molecule has 6 heteroatoms. The Morgan fingerprint density at radius 3 is 2.62 bits per heavy atom. The highest BCUT2D eigenvalue weighted by Gasteiger charge is 2.23. The van der Waals surface area contributed by atoms with Crippen molar-refractivity contribution in [2.45, 2.75) is 25.7 Å². The number of nitrogens with one attached hydrogen (secondary N) is 1. The molecule has 1 N–H and O–H groups in total. The lowest BCUT2D eigenvalue weighted by atomic mass is 10.1. The van der Waals surface area contributed by atoms with Crippen molar-refractivity contribution >= 4 is 46.1 Å². The largest absolute Gasteiger partial charge is 0.326 e. The second kappa shape index (κ2) is 8.80. The maximum atomic E-state index is 13.1. The van der Waals surface area contributed by atoms with Crippen molar-refractivity contribution in [1.82, 2.24) is 0 Å². The molecule has 2 amide bonds. The normalized spacial score (nSPS) is 13.5. The number of amides is 2. The fourth-order valence-electron chi connectivity index (χ4n) is 3.52. The third-order valence-corrected chi connectivity index (χ3v) is 6.36. The van der Waals surface area contributed by atoms with E-state index in [2.05, 4.69) is 5.32 Å². The fraction of sp³-hybridized carbons (Fsp3) is 0.217. The zero-order valence-electron chi connectivity index (χ0n) is 15.9. The highest BCUT2D eigenvalue weighted by Crippen LogP contribution is 2.32. The highest BCUT2D eigenvalue weighted by atomic mass is 35.5. The Kier molecular flexibility index (Phi) is 5.97. The fourth-order valence-corrected chi connectivity index (χ4v) is 4.65. The van der Waals surface area contributed by atoms with Crippen LogP contribution in [-0.2, 0) is 17.6 Å². The molecule has 0 saturated carbocycles. The molecule has 0 aliphatic carbocycles. The number of hydrogen-bond acceptors (Lipinski definition) is 3. The lowest BCUT2D eigenvalue weighted by Gasteiger charge is -2.21. The van der Waals surface area contributed by atoms with Crippen molar-refractivity contribution in [2.24, 2.45) is 0 Å². The number of anilines is 2. The number of carbonyl (C=O) groups is 2. The van der Waals surface area contributed by atoms with Crippen LogP contribution >= 0.6 is 22.9 Å². The van der Waals surface area contributed by atoms with Gasteiger partial charge in [0, 0.05) is 27.7 Å². The molecule has 3 aromatic rings. The Labute approximate surface area is 179 Å². The van der Waals surface area contributed by atoms with E-state index in [1.165, 1.54) is 4.88 Å². The molecule has 1 aliphatic rings. The summed E-state index contributed by atoms with van der Waals surface area (Å²) in [5.41, 5.74) is 3.10. The number of carbonyl (C=O) groups excluding carboxylic acids is 2. The van der Waals surface area contributed by atoms with Gasteiger partial charge in [0.15, 0.2) is 0 Å². The first kappa shape index (κ1) is 19.7. The highest BCUT2D eigenvalue weighted by molar-refractivity contribution is 7.10. The van der Waals surface area contributed by atoms with Crippen LogP contribution < -0.4 is 10.2 Å². The van der Waals surface area contributed by atoms with Gasteiger partial charge in [-0.05, 0) is 66.6 Å². The van der Waals surface area contributed by atoms with E-state index in [0.717, 1.165) is 37.1 Å². The Morgan fingerprint density at radius 1 is 1.03 bits per heavy atom. The van der Waals surface area contributed by atoms with Gasteiger partial charge < -0.3 is 10.2 Å². The molecular weight excluding hydrogens is 404 g/mol. The number of nitrogens with zero attached hydrogens (tertiary/aromatic N) is 1. The maximum Gasteiger partial charge on any atom is 0.258 e. The zero-order valence-corrected chi connectivity index (χ0v) is 17.4. The average Bonchev–Trinajstić information content (AvgIpc) is 3.09. The minimum absolute atomic E-state index is 0.000457. The molecule has 4 rings (SSSR count). The van der Waals surface area contributed by atoms with Gasteiger partial charge in [0.1, 0.15) is 0 Å². The van der Waals surface area contributed by atoms with Gasteiger partial charge in [0.05, 0.1) is 12.1 Å². The van der Waals surface area contributed by atoms with Gasteiger partial charge >= 0.3 is 0 Å². The van der Waals surface area contributed by atoms with Gasteiger partial charge in [-0.25, -0.2) is 0 Å². The van der Waals surface area contributed by atoms with Crippen molar-refractivity contribution in [3.05, 3.63) is 81.0 Å². The predicted octanol–water partition coefficient (Wildman–Crippen LogP) is 5.57. The molecule has 0 saturated heterocycles. The molecule has 4 nitrogen and oxygen atoms in total. The predicted molar refractivity (Wildman–Crippen MR) is 119 cm³/mol. The summed E-state index contributed by atoms with van der Waals surface area (Å²) in [4.78, 5) is 28.5. The first-order valence-corrected chi connectivity index (χ1v) is 10.9. The molecule has 2 aromatic carbocycles. The van der Waals surface area contributed by atoms with E-state index in [0.29, 0.717) is 16.3 Å². The van der Waals surface area contributed by atoms with Crippen LogP contribution in [0.15, 0.2) is 60.0 Å². The molecule has 2 heterocycles. The second-order valence-electron chi connectivity index (χ2n) is 7.04. The molecule has 0 radical (unpaired) electrons. The summed E-state index contributed by atoms with van der Waals surface area (Å²) < 4.78 is 0. The topological polar surface area (TPSA) is 49.4 Å². The summed E-state index contributed by atoms with van der Waals surface area (Å²) in [6, 6.07) is 16.4. The summed E-state index contributed by atoms with van der Waals surface area (Å²) in [5, 5.41) is 5.49. The molecule has 148 valence electrons. The summed E-state index contributed by atoms with van der Waals surface area (Å²) in [5.74, 6) is -0.145. The summed E-state index contributed by atoms with van der Waals surface area (Å²) in [6.07, 6.45) is 3.35. The van der Waals surface area contributed by atoms with Crippen LogP contribution in [0.25, 0.3) is 0 Å². The van der Waals surface area contributed by atoms with Gasteiger partial charge in [0.2, 0.25) is 5.91 Å². The number of hydrogen-bond donors (Lipinski definition) is 1. The Bertz CT molecular complexity index is 1030. The third-order valence-electron chi connectivity index (χ3n) is 5.02. The molecule has 0 unspecified atom stereocenters. The summed E-state index contributed by atoms with van der Waals surface area (Å²) in [6.45, 7) is 0.735. The number of benzene rings is 2. The van der Waals surface area contributed by atoms with Crippen LogP contribution in [0.1, 0.15) is 33.6 Å². The van der Waals surface area contributed by atoms with Crippen LogP contribution in [0.3, 0.4) is 0 Å². The molecular formula is C23H21ClN2O2S. The Hall–Kier alpha value is -2.63. The SMILES string of the molecule is O=C(Cc1ccccc1Cl)Nc1ccc(C(=O)N2CCCCc3sccc32)cc1. The maximum absolute atomic E-state index is 13.1. The van der Waals surface area contributed by atoms with Crippen LogP contribution in [0.2, 0.25) is 5.02 Å². The number of rotatable bonds is 4. The van der Waals surface area contributed by atoms with E-state index in [9.17, 15) is 9.59 Å². The van der Waals surface area contributed by atoms with Crippen LogP contribution in [0.4, 0.5) is 11.4 Å². The minimum Gasteiger partial charge on any atom is -0.326 e. The number of aryl methyl sites for hydroxylation is 1. The van der Waals surface area contributed by atoms with E-state index in [-0.39, 0.29) is 18.2 Å². The molecule has 0 atom stereocenters. The van der Waals surface area contributed by atoms with E-state index in [1.54, 1.807) is 41.7 Å². The van der Waals surface area contributed by atoms with Gasteiger partial charge in [-0.1, -0.05) is 29.8 Å². The lowest BCUT2D eigenvalue weighted by Crippen LogP contribution is -2.31. The molecule has 1 aromatic heterocycles. The Balaban J connectivity index is 1.43. The van der Waals surface area contributed by atoms with E-state index >= 15 is 0 Å². The first-order valence-electron chi connectivity index (χ1n) is 9.63. The van der Waals surface area contributed by atoms with Gasteiger partial charge in [-0.3, -0.25) is 9.59 Å². The zero-order chi connectivity index (χ0) is 20.2. The number of thiophene rings is 1. The van der Waals surface area contributed by atoms with Crippen molar-refractivity contribution in [3.8, 4) is 0 Å².